The number of aromatic nitrogens is 1. The van der Waals surface area contributed by atoms with Crippen LogP contribution in [0.5, 0.6) is 0 Å². The van der Waals surface area contributed by atoms with Crippen LogP contribution in [0.2, 0.25) is 0 Å². The van der Waals surface area contributed by atoms with E-state index in [1.54, 1.807) is 0 Å². The Kier molecular flexibility index (Phi) is 3.71. The second-order valence-electron chi connectivity index (χ2n) is 3.03. The molecule has 1 aromatic heterocycles. The van der Waals surface area contributed by atoms with Gasteiger partial charge in [0.1, 0.15) is 5.82 Å². The molecule has 3 heteroatoms. The van der Waals surface area contributed by atoms with Crippen molar-refractivity contribution in [2.75, 3.05) is 25.5 Å². The minimum absolute atomic E-state index is 0.869. The van der Waals surface area contributed by atoms with E-state index in [0.717, 1.165) is 18.9 Å². The highest BCUT2D eigenvalue weighted by molar-refractivity contribution is 5.45. The van der Waals surface area contributed by atoms with E-state index in [9.17, 15) is 0 Å². The summed E-state index contributed by atoms with van der Waals surface area (Å²) in [5.74, 6) is 1.07. The topological polar surface area (TPSA) is 28.2 Å². The third-order valence-corrected chi connectivity index (χ3v) is 2.07. The summed E-state index contributed by atoms with van der Waals surface area (Å²) in [5, 5.41) is 3.14. The van der Waals surface area contributed by atoms with E-state index >= 15 is 0 Å². The van der Waals surface area contributed by atoms with Gasteiger partial charge in [-0.05, 0) is 20.0 Å². The Morgan fingerprint density at radius 3 is 2.92 bits per heavy atom. The van der Waals surface area contributed by atoms with Crippen LogP contribution >= 0.6 is 0 Å². The van der Waals surface area contributed by atoms with Crippen molar-refractivity contribution in [3.05, 3.63) is 23.9 Å². The maximum absolute atomic E-state index is 4.35. The van der Waals surface area contributed by atoms with Crippen LogP contribution in [0.25, 0.3) is 0 Å². The zero-order valence-corrected chi connectivity index (χ0v) is 8.54. The lowest BCUT2D eigenvalue weighted by molar-refractivity contribution is 0.801. The van der Waals surface area contributed by atoms with Crippen LogP contribution in [0.1, 0.15) is 12.5 Å². The first kappa shape index (κ1) is 9.99. The van der Waals surface area contributed by atoms with Crippen molar-refractivity contribution in [2.24, 2.45) is 0 Å². The van der Waals surface area contributed by atoms with Crippen LogP contribution in [-0.4, -0.2) is 25.6 Å². The summed E-state index contributed by atoms with van der Waals surface area (Å²) in [5.41, 5.74) is 1.24. The molecule has 0 unspecified atom stereocenters. The molecule has 0 radical (unpaired) electrons. The van der Waals surface area contributed by atoms with Crippen LogP contribution < -0.4 is 10.2 Å². The fraction of sp³-hybridized carbons (Fsp3) is 0.500. The number of anilines is 1. The number of nitrogens with one attached hydrogen (secondary N) is 1. The van der Waals surface area contributed by atoms with Crippen LogP contribution in [0, 0.1) is 0 Å². The van der Waals surface area contributed by atoms with E-state index in [1.165, 1.54) is 5.56 Å². The minimum Gasteiger partial charge on any atom is -0.360 e. The maximum Gasteiger partial charge on any atom is 0.132 e. The SMILES string of the molecule is CCN(C)c1ncccc1CNC. The largest absolute Gasteiger partial charge is 0.360 e. The van der Waals surface area contributed by atoms with Crippen molar-refractivity contribution in [3.8, 4) is 0 Å². The molecular weight excluding hydrogens is 162 g/mol. The number of pyridine rings is 1. The van der Waals surface area contributed by atoms with Gasteiger partial charge in [0.15, 0.2) is 0 Å². The lowest BCUT2D eigenvalue weighted by atomic mass is 10.2. The Morgan fingerprint density at radius 1 is 1.54 bits per heavy atom. The summed E-state index contributed by atoms with van der Waals surface area (Å²) in [6.07, 6.45) is 1.83. The van der Waals surface area contributed by atoms with E-state index < -0.39 is 0 Å². The first-order valence-electron chi connectivity index (χ1n) is 4.59. The second-order valence-corrected chi connectivity index (χ2v) is 3.03. The van der Waals surface area contributed by atoms with Crippen molar-refractivity contribution in [1.29, 1.82) is 0 Å². The first-order chi connectivity index (χ1) is 6.29. The Labute approximate surface area is 79.8 Å². The molecule has 0 amide bonds. The number of rotatable bonds is 4. The average molecular weight is 179 g/mol. The monoisotopic (exact) mass is 179 g/mol. The summed E-state index contributed by atoms with van der Waals surface area (Å²) < 4.78 is 0. The van der Waals surface area contributed by atoms with Gasteiger partial charge in [0.2, 0.25) is 0 Å². The highest BCUT2D eigenvalue weighted by atomic mass is 15.2. The molecule has 1 aromatic rings. The Morgan fingerprint density at radius 2 is 2.31 bits per heavy atom. The maximum atomic E-state index is 4.35. The number of hydrogen-bond donors (Lipinski definition) is 1. The standard InChI is InChI=1S/C10H17N3/c1-4-13(3)10-9(8-11-2)6-5-7-12-10/h5-7,11H,4,8H2,1-3H3. The van der Waals surface area contributed by atoms with Crippen molar-refractivity contribution in [2.45, 2.75) is 13.5 Å². The first-order valence-corrected chi connectivity index (χ1v) is 4.59. The van der Waals surface area contributed by atoms with Gasteiger partial charge in [0, 0.05) is 31.9 Å². The highest BCUT2D eigenvalue weighted by Crippen LogP contribution is 2.14. The van der Waals surface area contributed by atoms with Gasteiger partial charge in [-0.15, -0.1) is 0 Å². The molecule has 0 saturated heterocycles. The Hall–Kier alpha value is -1.09. The normalized spacial score (nSPS) is 10.1. The number of hydrogen-bond acceptors (Lipinski definition) is 3. The van der Waals surface area contributed by atoms with Gasteiger partial charge in [-0.1, -0.05) is 6.07 Å². The molecule has 3 nitrogen and oxygen atoms in total. The van der Waals surface area contributed by atoms with Gasteiger partial charge in [-0.2, -0.15) is 0 Å². The van der Waals surface area contributed by atoms with Crippen LogP contribution in [-0.2, 0) is 6.54 Å². The lowest BCUT2D eigenvalue weighted by Gasteiger charge is -2.18. The third-order valence-electron chi connectivity index (χ3n) is 2.07. The second kappa shape index (κ2) is 4.82. The molecule has 1 rings (SSSR count). The molecule has 72 valence electrons. The van der Waals surface area contributed by atoms with Crippen molar-refractivity contribution < 1.29 is 0 Å². The molecule has 0 aliphatic carbocycles. The summed E-state index contributed by atoms with van der Waals surface area (Å²) in [4.78, 5) is 6.50. The number of nitrogens with zero attached hydrogens (tertiary/aromatic N) is 2. The van der Waals surface area contributed by atoms with Gasteiger partial charge in [0.25, 0.3) is 0 Å². The molecule has 1 N–H and O–H groups in total. The van der Waals surface area contributed by atoms with Gasteiger partial charge in [0.05, 0.1) is 0 Å². The van der Waals surface area contributed by atoms with E-state index in [0.29, 0.717) is 0 Å². The Bertz CT molecular complexity index is 260. The van der Waals surface area contributed by atoms with Gasteiger partial charge >= 0.3 is 0 Å². The third kappa shape index (κ3) is 2.42. The van der Waals surface area contributed by atoms with Crippen molar-refractivity contribution in [3.63, 3.8) is 0 Å². The summed E-state index contributed by atoms with van der Waals surface area (Å²) in [6, 6.07) is 4.07. The average Bonchev–Trinajstić information content (AvgIpc) is 2.18. The molecule has 0 aliphatic rings. The fourth-order valence-corrected chi connectivity index (χ4v) is 1.25. The van der Waals surface area contributed by atoms with Crippen LogP contribution in [0.4, 0.5) is 5.82 Å². The van der Waals surface area contributed by atoms with Crippen LogP contribution in [0.3, 0.4) is 0 Å². The van der Waals surface area contributed by atoms with Gasteiger partial charge < -0.3 is 10.2 Å². The van der Waals surface area contributed by atoms with Crippen LogP contribution in [0.15, 0.2) is 18.3 Å². The molecule has 0 aliphatic heterocycles. The molecule has 0 saturated carbocycles. The highest BCUT2D eigenvalue weighted by Gasteiger charge is 2.04. The summed E-state index contributed by atoms with van der Waals surface area (Å²) >= 11 is 0. The van der Waals surface area contributed by atoms with Gasteiger partial charge in [-0.3, -0.25) is 0 Å². The summed E-state index contributed by atoms with van der Waals surface area (Å²) in [6.45, 7) is 3.97. The van der Waals surface area contributed by atoms with Crippen molar-refractivity contribution in [1.82, 2.24) is 10.3 Å². The van der Waals surface area contributed by atoms with Crippen molar-refractivity contribution >= 4 is 5.82 Å². The van der Waals surface area contributed by atoms with E-state index in [4.69, 9.17) is 0 Å². The zero-order valence-electron chi connectivity index (χ0n) is 8.54. The molecule has 0 fully saturated rings. The quantitative estimate of drug-likeness (QED) is 0.754. The molecule has 13 heavy (non-hydrogen) atoms. The molecule has 0 bridgehead atoms. The molecule has 1 heterocycles. The van der Waals surface area contributed by atoms with E-state index in [1.807, 2.05) is 19.3 Å². The smallest absolute Gasteiger partial charge is 0.132 e. The minimum atomic E-state index is 0.869. The Balaban J connectivity index is 2.90. The zero-order chi connectivity index (χ0) is 9.68. The molecule has 0 spiro atoms. The molecule has 0 aromatic carbocycles. The van der Waals surface area contributed by atoms with E-state index in [2.05, 4.69) is 35.2 Å². The lowest BCUT2D eigenvalue weighted by Crippen LogP contribution is -2.20. The van der Waals surface area contributed by atoms with E-state index in [-0.39, 0.29) is 0 Å². The predicted octanol–water partition coefficient (Wildman–Crippen LogP) is 1.26. The fourth-order valence-electron chi connectivity index (χ4n) is 1.25. The molecule has 0 atom stereocenters. The summed E-state index contributed by atoms with van der Waals surface area (Å²) in [7, 11) is 4.00. The predicted molar refractivity (Wildman–Crippen MR) is 55.9 cm³/mol. The van der Waals surface area contributed by atoms with Gasteiger partial charge in [-0.25, -0.2) is 4.98 Å². The molecular formula is C10H17N3.